The van der Waals surface area contributed by atoms with Crippen LogP contribution in [0, 0.1) is 0 Å². The Morgan fingerprint density at radius 1 is 1.10 bits per heavy atom. The molecule has 208 valence electrons. The van der Waals surface area contributed by atoms with Gasteiger partial charge in [0.2, 0.25) is 5.89 Å². The highest BCUT2D eigenvalue weighted by Gasteiger charge is 2.38. The number of rotatable bonds is 6. The number of alkyl halides is 3. The first-order valence-corrected chi connectivity index (χ1v) is 12.5. The number of ether oxygens (including phenoxy) is 2. The molecule has 4 aromatic rings. The Bertz CT molecular complexity index is 1600. The van der Waals surface area contributed by atoms with E-state index in [0.29, 0.717) is 0 Å². The first-order chi connectivity index (χ1) is 19.2. The largest absolute Gasteiger partial charge is 0.494 e. The van der Waals surface area contributed by atoms with Crippen LogP contribution in [-0.2, 0) is 35.2 Å². The van der Waals surface area contributed by atoms with E-state index in [9.17, 15) is 22.8 Å². The third-order valence-electron chi connectivity index (χ3n) is 6.71. The van der Waals surface area contributed by atoms with Crippen LogP contribution in [0.15, 0.2) is 52.9 Å². The minimum atomic E-state index is -4.66. The summed E-state index contributed by atoms with van der Waals surface area (Å²) in [6.07, 6.45) is -4.40. The van der Waals surface area contributed by atoms with Crippen LogP contribution >= 0.6 is 0 Å². The molecule has 0 radical (unpaired) electrons. The van der Waals surface area contributed by atoms with Gasteiger partial charge in [0, 0.05) is 23.9 Å². The van der Waals surface area contributed by atoms with Crippen LogP contribution in [0.25, 0.3) is 22.4 Å². The first-order valence-electron chi connectivity index (χ1n) is 12.5. The average molecular weight is 555 g/mol. The number of halogens is 3. The highest BCUT2D eigenvalue weighted by Crippen LogP contribution is 2.37. The van der Waals surface area contributed by atoms with Crippen LogP contribution in [-0.4, -0.2) is 46.5 Å². The highest BCUT2D eigenvalue weighted by atomic mass is 19.4. The van der Waals surface area contributed by atoms with Crippen LogP contribution in [0.1, 0.15) is 40.0 Å². The lowest BCUT2D eigenvalue weighted by Crippen LogP contribution is -2.49. The number of aromatic nitrogens is 2. The van der Waals surface area contributed by atoms with Crippen LogP contribution in [0.5, 0.6) is 5.75 Å². The molecule has 5 rings (SSSR count). The van der Waals surface area contributed by atoms with Gasteiger partial charge in [-0.25, -0.2) is 14.8 Å². The van der Waals surface area contributed by atoms with Crippen molar-refractivity contribution in [2.45, 2.75) is 38.7 Å². The van der Waals surface area contributed by atoms with Gasteiger partial charge in [0.15, 0.2) is 11.5 Å². The fourth-order valence-electron chi connectivity index (χ4n) is 4.80. The fraction of sp³-hybridized carbons (Fsp3) is 0.286. The zero-order valence-electron chi connectivity index (χ0n) is 21.6. The Kier molecular flexibility index (Phi) is 7.19. The van der Waals surface area contributed by atoms with Crippen molar-refractivity contribution in [3.63, 3.8) is 0 Å². The van der Waals surface area contributed by atoms with Crippen molar-refractivity contribution in [3.05, 3.63) is 76.8 Å². The second-order valence-electron chi connectivity index (χ2n) is 9.07. The smallest absolute Gasteiger partial charge is 0.433 e. The molecule has 9 nitrogen and oxygen atoms in total. The van der Waals surface area contributed by atoms with E-state index in [1.807, 2.05) is 24.3 Å². The third kappa shape index (κ3) is 4.86. The number of nitrogens with zero attached hydrogens (tertiary/aromatic N) is 3. The van der Waals surface area contributed by atoms with Crippen LogP contribution in [0.3, 0.4) is 0 Å². The third-order valence-corrected chi connectivity index (χ3v) is 6.71. The van der Waals surface area contributed by atoms with Gasteiger partial charge in [-0.1, -0.05) is 24.3 Å². The molecule has 2 N–H and O–H groups in total. The lowest BCUT2D eigenvalue weighted by atomic mass is 9.93. The molecule has 1 atom stereocenters. The van der Waals surface area contributed by atoms with Crippen LogP contribution in [0.2, 0.25) is 0 Å². The maximum Gasteiger partial charge on any atom is 0.433 e. The minimum absolute atomic E-state index is 0.0388. The second-order valence-corrected chi connectivity index (χ2v) is 9.07. The summed E-state index contributed by atoms with van der Waals surface area (Å²) < 4.78 is 56.4. The summed E-state index contributed by atoms with van der Waals surface area (Å²) in [5.41, 5.74) is 6.76. The number of hydrogen-bond donors (Lipinski definition) is 1. The second kappa shape index (κ2) is 10.6. The number of fused-ring (bicyclic) bond motifs is 2. The molecule has 3 heterocycles. The van der Waals surface area contributed by atoms with E-state index >= 15 is 0 Å². The number of esters is 1. The number of oxazole rings is 1. The van der Waals surface area contributed by atoms with Gasteiger partial charge in [-0.3, -0.25) is 4.79 Å². The lowest BCUT2D eigenvalue weighted by molar-refractivity contribution is -0.149. The molecular weight excluding hydrogens is 529 g/mol. The summed E-state index contributed by atoms with van der Waals surface area (Å²) in [5, 5.41) is 0.271. The Hall–Kier alpha value is -4.45. The molecule has 1 aliphatic rings. The molecule has 2 aromatic heterocycles. The molecule has 0 bridgehead atoms. The Morgan fingerprint density at radius 2 is 1.85 bits per heavy atom. The van der Waals surface area contributed by atoms with Gasteiger partial charge >= 0.3 is 12.1 Å². The standard InChI is InChI=1S/C28H25F3N4O5/c1-3-39-27(37)19-12-15-6-4-5-7-16(15)14-35(19)26(36)24-21(13-32)40-25(34-24)18-8-10-20(38-2)23-17(18)9-11-22(33-23)28(29,30)31/h4-11,19H,3,12-14,32H2,1-2H3/t19-/m1/s1. The Labute approximate surface area is 226 Å². The Morgan fingerprint density at radius 3 is 2.52 bits per heavy atom. The van der Waals surface area contributed by atoms with Crippen molar-refractivity contribution in [1.29, 1.82) is 0 Å². The maximum atomic E-state index is 13.9. The van der Waals surface area contributed by atoms with E-state index in [0.717, 1.165) is 17.2 Å². The van der Waals surface area contributed by atoms with Crippen molar-refractivity contribution in [2.75, 3.05) is 13.7 Å². The summed E-state index contributed by atoms with van der Waals surface area (Å²) in [7, 11) is 1.32. The number of carbonyl (C=O) groups excluding carboxylic acids is 2. The number of benzene rings is 2. The predicted molar refractivity (Wildman–Crippen MR) is 137 cm³/mol. The van der Waals surface area contributed by atoms with Gasteiger partial charge in [-0.15, -0.1) is 0 Å². The molecule has 0 spiro atoms. The predicted octanol–water partition coefficient (Wildman–Crippen LogP) is 4.51. The lowest BCUT2D eigenvalue weighted by Gasteiger charge is -2.35. The Balaban J connectivity index is 1.58. The van der Waals surface area contributed by atoms with Crippen molar-refractivity contribution in [1.82, 2.24) is 14.9 Å². The topological polar surface area (TPSA) is 121 Å². The number of carbonyl (C=O) groups is 2. The van der Waals surface area contributed by atoms with Gasteiger partial charge in [0.25, 0.3) is 5.91 Å². The number of amides is 1. The van der Waals surface area contributed by atoms with E-state index in [4.69, 9.17) is 19.6 Å². The maximum absolute atomic E-state index is 13.9. The van der Waals surface area contributed by atoms with E-state index in [1.165, 1.54) is 24.1 Å². The van der Waals surface area contributed by atoms with Gasteiger partial charge in [0.1, 0.15) is 23.0 Å². The average Bonchev–Trinajstić information content (AvgIpc) is 3.39. The monoisotopic (exact) mass is 554 g/mol. The zero-order valence-corrected chi connectivity index (χ0v) is 21.6. The number of methoxy groups -OCH3 is 1. The van der Waals surface area contributed by atoms with Crippen LogP contribution < -0.4 is 10.5 Å². The molecule has 12 heteroatoms. The molecule has 0 saturated carbocycles. The number of hydrogen-bond acceptors (Lipinski definition) is 8. The van der Waals surface area contributed by atoms with Crippen molar-refractivity contribution >= 4 is 22.8 Å². The molecular formula is C28H25F3N4O5. The molecule has 1 amide bonds. The summed E-state index contributed by atoms with van der Waals surface area (Å²) >= 11 is 0. The highest BCUT2D eigenvalue weighted by molar-refractivity contribution is 5.99. The van der Waals surface area contributed by atoms with E-state index in [-0.39, 0.29) is 65.7 Å². The summed E-state index contributed by atoms with van der Waals surface area (Å²) in [6, 6.07) is 11.7. The van der Waals surface area contributed by atoms with Crippen molar-refractivity contribution < 1.29 is 36.7 Å². The van der Waals surface area contributed by atoms with Gasteiger partial charge in [0.05, 0.1) is 20.3 Å². The summed E-state index contributed by atoms with van der Waals surface area (Å²) in [4.78, 5) is 36.3. The SMILES string of the molecule is CCOC(=O)[C@H]1Cc2ccccc2CN1C(=O)c1nc(-c2ccc(OC)c3nc(C(F)(F)F)ccc23)oc1CN. The first kappa shape index (κ1) is 27.1. The molecule has 0 saturated heterocycles. The van der Waals surface area contributed by atoms with Gasteiger partial charge in [-0.2, -0.15) is 13.2 Å². The quantitative estimate of drug-likeness (QED) is 0.346. The van der Waals surface area contributed by atoms with Gasteiger partial charge < -0.3 is 24.5 Å². The number of nitrogens with two attached hydrogens (primary N) is 1. The molecule has 2 aromatic carbocycles. The van der Waals surface area contributed by atoms with Crippen molar-refractivity contribution in [2.24, 2.45) is 5.73 Å². The van der Waals surface area contributed by atoms with E-state index < -0.39 is 29.8 Å². The molecule has 0 fully saturated rings. The molecule has 0 unspecified atom stereocenters. The van der Waals surface area contributed by atoms with Crippen LogP contribution in [0.4, 0.5) is 13.2 Å². The minimum Gasteiger partial charge on any atom is -0.494 e. The van der Waals surface area contributed by atoms with E-state index in [1.54, 1.807) is 13.0 Å². The zero-order chi connectivity index (χ0) is 28.6. The van der Waals surface area contributed by atoms with Gasteiger partial charge in [-0.05, 0) is 42.3 Å². The fourth-order valence-corrected chi connectivity index (χ4v) is 4.80. The molecule has 1 aliphatic heterocycles. The molecule has 0 aliphatic carbocycles. The van der Waals surface area contributed by atoms with E-state index in [2.05, 4.69) is 9.97 Å². The summed E-state index contributed by atoms with van der Waals surface area (Å²) in [6.45, 7) is 1.78. The van der Waals surface area contributed by atoms with Crippen molar-refractivity contribution in [3.8, 4) is 17.2 Å². The number of pyridine rings is 1. The summed E-state index contributed by atoms with van der Waals surface area (Å²) in [5.74, 6) is -0.987. The normalized spacial score (nSPS) is 15.2. The molecule has 40 heavy (non-hydrogen) atoms.